The Morgan fingerprint density at radius 2 is 1.38 bits per heavy atom. The van der Waals surface area contributed by atoms with E-state index in [1.807, 2.05) is 0 Å². The summed E-state index contributed by atoms with van der Waals surface area (Å²) >= 11 is 0. The van der Waals surface area contributed by atoms with Crippen LogP contribution in [0.4, 0.5) is 0 Å². The average Bonchev–Trinajstić information content (AvgIpc) is 3.22. The lowest BCUT2D eigenvalue weighted by Crippen LogP contribution is -2.07. The molecule has 3 unspecified atom stereocenters. The fourth-order valence-corrected chi connectivity index (χ4v) is 5.06. The van der Waals surface area contributed by atoms with E-state index >= 15 is 0 Å². The Balaban J connectivity index is 1.86. The fraction of sp³-hybridized carbons (Fsp3) is 0.391. The van der Waals surface area contributed by atoms with Crippen LogP contribution < -0.4 is 0 Å². The topological polar surface area (TPSA) is 30.7 Å². The highest BCUT2D eigenvalue weighted by molar-refractivity contribution is 5.84. The number of benzene rings is 2. The highest BCUT2D eigenvalue weighted by Crippen LogP contribution is 2.67. The van der Waals surface area contributed by atoms with Crippen LogP contribution in [0.2, 0.25) is 0 Å². The van der Waals surface area contributed by atoms with Gasteiger partial charge in [0.15, 0.2) is 0 Å². The highest BCUT2D eigenvalue weighted by Gasteiger charge is 2.55. The van der Waals surface area contributed by atoms with Gasteiger partial charge in [-0.15, -0.1) is 5.10 Å². The third kappa shape index (κ3) is 2.06. The van der Waals surface area contributed by atoms with Crippen molar-refractivity contribution in [1.82, 2.24) is 15.0 Å². The third-order valence-corrected chi connectivity index (χ3v) is 6.18. The number of fused-ring (bicyclic) bond motifs is 8. The van der Waals surface area contributed by atoms with Gasteiger partial charge in [-0.1, -0.05) is 67.6 Å². The van der Waals surface area contributed by atoms with Crippen LogP contribution in [-0.4, -0.2) is 15.0 Å². The summed E-state index contributed by atoms with van der Waals surface area (Å²) in [5.74, 6) is 2.55. The van der Waals surface area contributed by atoms with Gasteiger partial charge in [0.25, 0.3) is 0 Å². The summed E-state index contributed by atoms with van der Waals surface area (Å²) in [6.07, 6.45) is 0. The first kappa shape index (κ1) is 15.8. The largest absolute Gasteiger partial charge is 0.242 e. The van der Waals surface area contributed by atoms with Crippen LogP contribution >= 0.6 is 0 Å². The van der Waals surface area contributed by atoms with E-state index in [1.165, 1.54) is 27.9 Å². The minimum atomic E-state index is 0.279. The van der Waals surface area contributed by atoms with E-state index in [0.717, 1.165) is 5.69 Å². The molecule has 3 atom stereocenters. The Hall–Kier alpha value is -2.42. The molecule has 0 N–H and O–H groups in total. The molecule has 3 aromatic rings. The summed E-state index contributed by atoms with van der Waals surface area (Å²) in [4.78, 5) is 0. The van der Waals surface area contributed by atoms with Crippen LogP contribution in [0.3, 0.4) is 0 Å². The SMILES string of the molecule is CC(C)C1C2c3ccccc3-c3nnn(C(C)C)c3-c3ccccc3C21. The molecule has 0 saturated heterocycles. The predicted molar refractivity (Wildman–Crippen MR) is 105 cm³/mol. The van der Waals surface area contributed by atoms with Crippen LogP contribution in [-0.2, 0) is 0 Å². The van der Waals surface area contributed by atoms with E-state index in [9.17, 15) is 0 Å². The molecule has 0 radical (unpaired) electrons. The number of nitrogens with zero attached hydrogens (tertiary/aromatic N) is 3. The second-order valence-electron chi connectivity index (χ2n) is 8.37. The van der Waals surface area contributed by atoms with Gasteiger partial charge in [0, 0.05) is 17.2 Å². The summed E-state index contributed by atoms with van der Waals surface area (Å²) in [6, 6.07) is 18.0. The molecule has 3 nitrogen and oxygen atoms in total. The zero-order valence-electron chi connectivity index (χ0n) is 15.8. The molecule has 3 heteroatoms. The zero-order valence-corrected chi connectivity index (χ0v) is 15.8. The Kier molecular flexibility index (Phi) is 3.37. The molecule has 0 amide bonds. The summed E-state index contributed by atoms with van der Waals surface area (Å²) in [5.41, 5.74) is 7.71. The lowest BCUT2D eigenvalue weighted by molar-refractivity contribution is 0.518. The minimum absolute atomic E-state index is 0.279. The van der Waals surface area contributed by atoms with Gasteiger partial charge in [-0.25, -0.2) is 4.68 Å². The molecule has 1 fully saturated rings. The molecular weight excluding hydrogens is 318 g/mol. The van der Waals surface area contributed by atoms with Crippen LogP contribution in [0.1, 0.15) is 56.7 Å². The first-order valence-electron chi connectivity index (χ1n) is 9.73. The monoisotopic (exact) mass is 343 g/mol. The van der Waals surface area contributed by atoms with Crippen LogP contribution in [0.5, 0.6) is 0 Å². The molecule has 0 aliphatic heterocycles. The van der Waals surface area contributed by atoms with Crippen LogP contribution in [0.25, 0.3) is 22.5 Å². The van der Waals surface area contributed by atoms with Gasteiger partial charge in [0.05, 0.1) is 5.69 Å². The Bertz CT molecular complexity index is 983. The van der Waals surface area contributed by atoms with Crippen LogP contribution in [0.15, 0.2) is 48.5 Å². The van der Waals surface area contributed by atoms with Crippen molar-refractivity contribution < 1.29 is 0 Å². The second-order valence-corrected chi connectivity index (χ2v) is 8.37. The summed E-state index contributed by atoms with van der Waals surface area (Å²) < 4.78 is 2.10. The first-order chi connectivity index (χ1) is 12.6. The molecule has 0 spiro atoms. The molecule has 1 aromatic heterocycles. The molecule has 26 heavy (non-hydrogen) atoms. The third-order valence-electron chi connectivity index (χ3n) is 6.18. The molecule has 1 saturated carbocycles. The average molecular weight is 343 g/mol. The summed E-state index contributed by atoms with van der Waals surface area (Å²) in [6.45, 7) is 9.09. The van der Waals surface area contributed by atoms with E-state index in [-0.39, 0.29) is 6.04 Å². The van der Waals surface area contributed by atoms with Gasteiger partial charge >= 0.3 is 0 Å². The van der Waals surface area contributed by atoms with Gasteiger partial charge < -0.3 is 0 Å². The zero-order chi connectivity index (χ0) is 18.0. The molecule has 2 aliphatic carbocycles. The standard InChI is InChI=1S/C23H25N3/c1-13(2)19-20-15-9-5-7-11-17(15)22-23(26(14(3)4)25-24-22)18-12-8-6-10-16(18)21(19)20/h5-14,19-21H,1-4H3. The van der Waals surface area contributed by atoms with E-state index in [2.05, 4.69) is 91.2 Å². The smallest absolute Gasteiger partial charge is 0.121 e. The number of hydrogen-bond acceptors (Lipinski definition) is 2. The van der Waals surface area contributed by atoms with Crippen LogP contribution in [0, 0.1) is 11.8 Å². The van der Waals surface area contributed by atoms with E-state index < -0.39 is 0 Å². The maximum absolute atomic E-state index is 4.66. The van der Waals surface area contributed by atoms with Crippen molar-refractivity contribution in [2.45, 2.75) is 45.6 Å². The maximum Gasteiger partial charge on any atom is 0.121 e. The number of rotatable bonds is 2. The normalized spacial score (nSPS) is 22.9. The summed E-state index contributed by atoms with van der Waals surface area (Å²) in [7, 11) is 0. The van der Waals surface area contributed by atoms with Gasteiger partial charge in [0.1, 0.15) is 5.69 Å². The van der Waals surface area contributed by atoms with Crippen molar-refractivity contribution in [1.29, 1.82) is 0 Å². The second kappa shape index (κ2) is 5.54. The van der Waals surface area contributed by atoms with Crippen molar-refractivity contribution in [3.8, 4) is 22.5 Å². The molecule has 5 rings (SSSR count). The van der Waals surface area contributed by atoms with Gasteiger partial charge in [-0.2, -0.15) is 0 Å². The maximum atomic E-state index is 4.66. The van der Waals surface area contributed by atoms with E-state index in [1.54, 1.807) is 0 Å². The van der Waals surface area contributed by atoms with Crippen molar-refractivity contribution in [3.05, 3.63) is 59.7 Å². The fourth-order valence-electron chi connectivity index (χ4n) is 5.06. The van der Waals surface area contributed by atoms with Gasteiger partial charge in [-0.3, -0.25) is 0 Å². The molecule has 2 aliphatic rings. The lowest BCUT2D eigenvalue weighted by atomic mass is 9.89. The molecule has 132 valence electrons. The number of aromatic nitrogens is 3. The molecular formula is C23H25N3. The highest BCUT2D eigenvalue weighted by atomic mass is 15.4. The minimum Gasteiger partial charge on any atom is -0.242 e. The van der Waals surface area contributed by atoms with Gasteiger partial charge in [-0.05, 0) is 48.6 Å². The predicted octanol–water partition coefficient (Wildman–Crippen LogP) is 5.66. The molecule has 2 aromatic carbocycles. The molecule has 1 heterocycles. The Morgan fingerprint density at radius 3 is 2.00 bits per heavy atom. The van der Waals surface area contributed by atoms with Gasteiger partial charge in [0.2, 0.25) is 0 Å². The van der Waals surface area contributed by atoms with Crippen molar-refractivity contribution in [2.24, 2.45) is 11.8 Å². The van der Waals surface area contributed by atoms with Crippen molar-refractivity contribution in [2.75, 3.05) is 0 Å². The quantitative estimate of drug-likeness (QED) is 0.601. The Labute approximate surface area is 155 Å². The summed E-state index contributed by atoms with van der Waals surface area (Å²) in [5, 5.41) is 9.19. The lowest BCUT2D eigenvalue weighted by Gasteiger charge is -2.18. The van der Waals surface area contributed by atoms with Crippen molar-refractivity contribution in [3.63, 3.8) is 0 Å². The van der Waals surface area contributed by atoms with E-state index in [0.29, 0.717) is 23.7 Å². The van der Waals surface area contributed by atoms with E-state index in [4.69, 9.17) is 0 Å². The molecule has 0 bridgehead atoms. The first-order valence-corrected chi connectivity index (χ1v) is 9.73. The number of hydrogen-bond donors (Lipinski definition) is 0. The Morgan fingerprint density at radius 1 is 0.808 bits per heavy atom. The van der Waals surface area contributed by atoms with Crippen molar-refractivity contribution >= 4 is 0 Å².